The number of rotatable bonds is 7. The fourth-order valence-corrected chi connectivity index (χ4v) is 2.00. The van der Waals surface area contributed by atoms with Gasteiger partial charge in [0.1, 0.15) is 0 Å². The molecule has 3 nitrogen and oxygen atoms in total. The van der Waals surface area contributed by atoms with E-state index in [1.807, 2.05) is 13.1 Å². The molecule has 0 amide bonds. The maximum atomic E-state index is 5.15. The van der Waals surface area contributed by atoms with Crippen molar-refractivity contribution < 1.29 is 4.74 Å². The highest BCUT2D eigenvalue weighted by molar-refractivity contribution is 5.17. The zero-order chi connectivity index (χ0) is 12.7. The molecule has 0 radical (unpaired) electrons. The summed E-state index contributed by atoms with van der Waals surface area (Å²) in [5, 5.41) is 3.53. The molecule has 0 fully saturated rings. The molecule has 0 aromatic carbocycles. The minimum absolute atomic E-state index is 0.364. The largest absolute Gasteiger partial charge is 0.385 e. The molecule has 1 rings (SSSR count). The summed E-state index contributed by atoms with van der Waals surface area (Å²) in [5.41, 5.74) is 2.33. The lowest BCUT2D eigenvalue weighted by Crippen LogP contribution is -2.27. The summed E-state index contributed by atoms with van der Waals surface area (Å²) >= 11 is 0. The minimum Gasteiger partial charge on any atom is -0.385 e. The molecule has 1 aromatic rings. The van der Waals surface area contributed by atoms with Crippen LogP contribution in [-0.2, 0) is 4.74 Å². The summed E-state index contributed by atoms with van der Waals surface area (Å²) in [6, 6.07) is 4.60. The summed E-state index contributed by atoms with van der Waals surface area (Å²) < 4.78 is 5.15. The smallest absolute Gasteiger partial charge is 0.0465 e. The quantitative estimate of drug-likeness (QED) is 0.790. The summed E-state index contributed by atoms with van der Waals surface area (Å²) in [7, 11) is 1.75. The molecule has 96 valence electrons. The monoisotopic (exact) mass is 236 g/mol. The van der Waals surface area contributed by atoms with Gasteiger partial charge in [-0.25, -0.2) is 0 Å². The van der Waals surface area contributed by atoms with E-state index < -0.39 is 0 Å². The first-order valence-electron chi connectivity index (χ1n) is 6.34. The lowest BCUT2D eigenvalue weighted by molar-refractivity contribution is 0.170. The van der Waals surface area contributed by atoms with Crippen LogP contribution in [0.2, 0.25) is 0 Å². The van der Waals surface area contributed by atoms with Gasteiger partial charge < -0.3 is 10.1 Å². The summed E-state index contributed by atoms with van der Waals surface area (Å²) in [4.78, 5) is 4.37. The Bertz CT molecular complexity index is 311. The van der Waals surface area contributed by atoms with Gasteiger partial charge in [0.2, 0.25) is 0 Å². The fourth-order valence-electron chi connectivity index (χ4n) is 2.00. The maximum Gasteiger partial charge on any atom is 0.0465 e. The van der Waals surface area contributed by atoms with Gasteiger partial charge in [-0.05, 0) is 37.4 Å². The van der Waals surface area contributed by atoms with Crippen molar-refractivity contribution in [3.63, 3.8) is 0 Å². The van der Waals surface area contributed by atoms with E-state index in [4.69, 9.17) is 4.74 Å². The SMILES string of the molecule is CCNC(c1ccc(C)nc1)C(C)CCOC. The van der Waals surface area contributed by atoms with Crippen molar-refractivity contribution in [3.8, 4) is 0 Å². The van der Waals surface area contributed by atoms with E-state index in [0.717, 1.165) is 25.3 Å². The molecule has 0 spiro atoms. The van der Waals surface area contributed by atoms with Gasteiger partial charge in [0.25, 0.3) is 0 Å². The molecule has 0 aliphatic heterocycles. The third-order valence-corrected chi connectivity index (χ3v) is 3.06. The lowest BCUT2D eigenvalue weighted by Gasteiger charge is -2.25. The van der Waals surface area contributed by atoms with Crippen LogP contribution >= 0.6 is 0 Å². The minimum atomic E-state index is 0.364. The third-order valence-electron chi connectivity index (χ3n) is 3.06. The number of methoxy groups -OCH3 is 1. The van der Waals surface area contributed by atoms with E-state index in [9.17, 15) is 0 Å². The highest BCUT2D eigenvalue weighted by Gasteiger charge is 2.18. The molecule has 2 atom stereocenters. The molecule has 1 N–H and O–H groups in total. The van der Waals surface area contributed by atoms with Crippen LogP contribution in [0.5, 0.6) is 0 Å². The van der Waals surface area contributed by atoms with E-state index >= 15 is 0 Å². The molecule has 1 aromatic heterocycles. The Balaban J connectivity index is 2.73. The zero-order valence-corrected chi connectivity index (χ0v) is 11.4. The summed E-state index contributed by atoms with van der Waals surface area (Å²) in [5.74, 6) is 0.541. The Labute approximate surface area is 105 Å². The average molecular weight is 236 g/mol. The third kappa shape index (κ3) is 4.44. The van der Waals surface area contributed by atoms with Crippen molar-refractivity contribution in [2.24, 2.45) is 5.92 Å². The topological polar surface area (TPSA) is 34.2 Å². The predicted molar refractivity (Wildman–Crippen MR) is 71.0 cm³/mol. The van der Waals surface area contributed by atoms with Crippen LogP contribution in [0.15, 0.2) is 18.3 Å². The highest BCUT2D eigenvalue weighted by atomic mass is 16.5. The van der Waals surface area contributed by atoms with Gasteiger partial charge in [-0.1, -0.05) is 19.9 Å². The number of aromatic nitrogens is 1. The van der Waals surface area contributed by atoms with E-state index in [1.165, 1.54) is 5.56 Å². The van der Waals surface area contributed by atoms with Crippen LogP contribution < -0.4 is 5.32 Å². The Morgan fingerprint density at radius 3 is 2.71 bits per heavy atom. The Morgan fingerprint density at radius 2 is 2.18 bits per heavy atom. The Morgan fingerprint density at radius 1 is 1.41 bits per heavy atom. The molecule has 17 heavy (non-hydrogen) atoms. The molecule has 0 saturated heterocycles. The van der Waals surface area contributed by atoms with Crippen molar-refractivity contribution >= 4 is 0 Å². The van der Waals surface area contributed by atoms with Crippen LogP contribution in [0.25, 0.3) is 0 Å². The van der Waals surface area contributed by atoms with E-state index in [0.29, 0.717) is 12.0 Å². The summed E-state index contributed by atoms with van der Waals surface area (Å²) in [6.45, 7) is 8.18. The van der Waals surface area contributed by atoms with Crippen molar-refractivity contribution in [1.29, 1.82) is 0 Å². The second-order valence-electron chi connectivity index (χ2n) is 4.53. The number of hydrogen-bond acceptors (Lipinski definition) is 3. The number of nitrogens with one attached hydrogen (secondary N) is 1. The van der Waals surface area contributed by atoms with Gasteiger partial charge >= 0.3 is 0 Å². The second-order valence-corrected chi connectivity index (χ2v) is 4.53. The van der Waals surface area contributed by atoms with Gasteiger partial charge in [0, 0.05) is 31.6 Å². The van der Waals surface area contributed by atoms with Crippen LogP contribution in [0.4, 0.5) is 0 Å². The lowest BCUT2D eigenvalue weighted by atomic mass is 9.93. The van der Waals surface area contributed by atoms with Gasteiger partial charge in [0.05, 0.1) is 0 Å². The highest BCUT2D eigenvalue weighted by Crippen LogP contribution is 2.24. The fraction of sp³-hybridized carbons (Fsp3) is 0.643. The molecular formula is C14H24N2O. The van der Waals surface area contributed by atoms with Crippen molar-refractivity contribution in [3.05, 3.63) is 29.6 Å². The summed E-state index contributed by atoms with van der Waals surface area (Å²) in [6.07, 6.45) is 3.04. The maximum absolute atomic E-state index is 5.15. The number of aryl methyl sites for hydroxylation is 1. The zero-order valence-electron chi connectivity index (χ0n) is 11.4. The molecule has 0 aliphatic rings. The van der Waals surface area contributed by atoms with E-state index in [2.05, 4.69) is 36.3 Å². The van der Waals surface area contributed by atoms with Crippen LogP contribution in [-0.4, -0.2) is 25.2 Å². The first-order valence-corrected chi connectivity index (χ1v) is 6.34. The normalized spacial score (nSPS) is 14.6. The number of pyridine rings is 1. The molecule has 0 saturated carbocycles. The van der Waals surface area contributed by atoms with Gasteiger partial charge in [0.15, 0.2) is 0 Å². The van der Waals surface area contributed by atoms with Gasteiger partial charge in [-0.3, -0.25) is 4.98 Å². The molecule has 0 bridgehead atoms. The van der Waals surface area contributed by atoms with Gasteiger partial charge in [-0.2, -0.15) is 0 Å². The van der Waals surface area contributed by atoms with Crippen LogP contribution in [0, 0.1) is 12.8 Å². The molecule has 1 heterocycles. The van der Waals surface area contributed by atoms with Crippen LogP contribution in [0.3, 0.4) is 0 Å². The van der Waals surface area contributed by atoms with Crippen molar-refractivity contribution in [1.82, 2.24) is 10.3 Å². The second kappa shape index (κ2) is 7.41. The molecular weight excluding hydrogens is 212 g/mol. The molecule has 0 aliphatic carbocycles. The Kier molecular flexibility index (Phi) is 6.16. The standard InChI is InChI=1S/C14H24N2O/c1-5-15-14(11(2)8-9-17-4)13-7-6-12(3)16-10-13/h6-7,10-11,14-15H,5,8-9H2,1-4H3. The average Bonchev–Trinajstić information content (AvgIpc) is 2.34. The van der Waals surface area contributed by atoms with E-state index in [1.54, 1.807) is 7.11 Å². The Hall–Kier alpha value is -0.930. The molecule has 3 heteroatoms. The number of nitrogens with zero attached hydrogens (tertiary/aromatic N) is 1. The van der Waals surface area contributed by atoms with Crippen molar-refractivity contribution in [2.45, 2.75) is 33.2 Å². The number of hydrogen-bond donors (Lipinski definition) is 1. The van der Waals surface area contributed by atoms with Crippen LogP contribution in [0.1, 0.15) is 37.6 Å². The predicted octanol–water partition coefficient (Wildman–Crippen LogP) is 2.71. The first kappa shape index (κ1) is 14.1. The van der Waals surface area contributed by atoms with E-state index in [-0.39, 0.29) is 0 Å². The number of ether oxygens (including phenoxy) is 1. The van der Waals surface area contributed by atoms with Gasteiger partial charge in [-0.15, -0.1) is 0 Å². The van der Waals surface area contributed by atoms with Crippen molar-refractivity contribution in [2.75, 3.05) is 20.3 Å². The first-order chi connectivity index (χ1) is 8.19. The molecule has 2 unspecified atom stereocenters.